The smallest absolute Gasteiger partial charge is 0.360 e. The van der Waals surface area contributed by atoms with Crippen molar-refractivity contribution in [1.29, 1.82) is 0 Å². The number of hydrogen-bond donors (Lipinski definition) is 2. The van der Waals surface area contributed by atoms with Gasteiger partial charge in [-0.1, -0.05) is 0 Å². The molecule has 0 aliphatic carbocycles. The first kappa shape index (κ1) is 13.0. The quantitative estimate of drug-likeness (QED) is 0.704. The Morgan fingerprint density at radius 3 is 2.71 bits per heavy atom. The van der Waals surface area contributed by atoms with E-state index < -0.39 is 5.97 Å². The van der Waals surface area contributed by atoms with Crippen molar-refractivity contribution in [2.24, 2.45) is 0 Å². The number of carbonyl (C=O) groups excluding carboxylic acids is 2. The topological polar surface area (TPSA) is 99.2 Å². The summed E-state index contributed by atoms with van der Waals surface area (Å²) in [5, 5.41) is 2.47. The summed E-state index contributed by atoms with van der Waals surface area (Å²) in [7, 11) is 1.52. The van der Waals surface area contributed by atoms with Crippen LogP contribution in [0.25, 0.3) is 0 Å². The highest BCUT2D eigenvalue weighted by Crippen LogP contribution is 2.15. The number of anilines is 1. The highest BCUT2D eigenvalue weighted by Gasteiger charge is 2.20. The predicted octanol–water partition coefficient (Wildman–Crippen LogP) is -0.304. The van der Waals surface area contributed by atoms with E-state index in [-0.39, 0.29) is 30.6 Å². The number of imidazole rings is 1. The molecule has 7 nitrogen and oxygen atoms in total. The van der Waals surface area contributed by atoms with Crippen LogP contribution in [0.3, 0.4) is 0 Å². The number of nitrogens with two attached hydrogens (primary N) is 1. The van der Waals surface area contributed by atoms with Gasteiger partial charge in [0.05, 0.1) is 6.61 Å². The molecule has 0 saturated heterocycles. The number of amides is 1. The lowest BCUT2D eigenvalue weighted by Crippen LogP contribution is -2.24. The first-order valence-corrected chi connectivity index (χ1v) is 5.21. The molecule has 1 amide bonds. The highest BCUT2D eigenvalue weighted by atomic mass is 16.5. The molecule has 1 rings (SSSR count). The zero-order valence-corrected chi connectivity index (χ0v) is 10.1. The van der Waals surface area contributed by atoms with Crippen LogP contribution in [-0.4, -0.2) is 35.1 Å². The van der Waals surface area contributed by atoms with E-state index in [4.69, 9.17) is 10.5 Å². The zero-order chi connectivity index (χ0) is 13.0. The van der Waals surface area contributed by atoms with Gasteiger partial charge in [-0.25, -0.2) is 9.78 Å². The Balaban J connectivity index is 3.01. The van der Waals surface area contributed by atoms with Gasteiger partial charge in [0.15, 0.2) is 5.69 Å². The van der Waals surface area contributed by atoms with Gasteiger partial charge in [0.2, 0.25) is 5.91 Å². The van der Waals surface area contributed by atoms with Gasteiger partial charge in [-0.15, -0.1) is 0 Å². The molecule has 1 aromatic heterocycles. The van der Waals surface area contributed by atoms with E-state index >= 15 is 0 Å². The molecule has 0 saturated carbocycles. The third-order valence-corrected chi connectivity index (χ3v) is 2.25. The van der Waals surface area contributed by atoms with E-state index in [0.29, 0.717) is 5.82 Å². The number of nitrogens with zero attached hydrogens (tertiary/aromatic N) is 2. The van der Waals surface area contributed by atoms with E-state index in [1.807, 2.05) is 0 Å². The largest absolute Gasteiger partial charge is 0.461 e. The molecular weight excluding hydrogens is 224 g/mol. The second-order valence-corrected chi connectivity index (χ2v) is 3.37. The fourth-order valence-corrected chi connectivity index (χ4v) is 1.35. The van der Waals surface area contributed by atoms with Crippen LogP contribution in [0.1, 0.15) is 23.2 Å². The molecule has 3 N–H and O–H groups in total. The Morgan fingerprint density at radius 1 is 1.53 bits per heavy atom. The van der Waals surface area contributed by atoms with Crippen LogP contribution in [-0.2, 0) is 16.1 Å². The molecule has 0 fully saturated rings. The van der Waals surface area contributed by atoms with Gasteiger partial charge in [-0.2, -0.15) is 0 Å². The normalized spacial score (nSPS) is 10.1. The molecule has 0 aromatic carbocycles. The predicted molar refractivity (Wildman–Crippen MR) is 61.4 cm³/mol. The number of hydrogen-bond acceptors (Lipinski definition) is 5. The van der Waals surface area contributed by atoms with Crippen molar-refractivity contribution in [3.05, 3.63) is 11.5 Å². The summed E-state index contributed by atoms with van der Waals surface area (Å²) in [6.07, 6.45) is 0. The van der Waals surface area contributed by atoms with Crippen molar-refractivity contribution >= 4 is 17.7 Å². The molecule has 94 valence electrons. The Hall–Kier alpha value is -2.05. The van der Waals surface area contributed by atoms with E-state index in [1.165, 1.54) is 11.6 Å². The van der Waals surface area contributed by atoms with Crippen LogP contribution in [0.15, 0.2) is 0 Å². The number of carbonyl (C=O) groups is 2. The first-order chi connectivity index (χ1) is 8.01. The number of nitrogens with one attached hydrogen (secondary N) is 1. The molecule has 0 unspecified atom stereocenters. The van der Waals surface area contributed by atoms with Crippen molar-refractivity contribution in [3.8, 4) is 0 Å². The highest BCUT2D eigenvalue weighted by molar-refractivity contribution is 5.92. The van der Waals surface area contributed by atoms with E-state index in [1.54, 1.807) is 13.8 Å². The molecule has 0 aliphatic heterocycles. The van der Waals surface area contributed by atoms with Crippen LogP contribution >= 0.6 is 0 Å². The summed E-state index contributed by atoms with van der Waals surface area (Å²) in [6.45, 7) is 3.64. The Labute approximate surface area is 99.0 Å². The van der Waals surface area contributed by atoms with Crippen LogP contribution < -0.4 is 11.1 Å². The van der Waals surface area contributed by atoms with Crippen molar-refractivity contribution < 1.29 is 14.3 Å². The number of aromatic nitrogens is 2. The summed E-state index contributed by atoms with van der Waals surface area (Å²) in [5.74, 6) is -0.157. The Morgan fingerprint density at radius 2 is 2.18 bits per heavy atom. The van der Waals surface area contributed by atoms with Crippen molar-refractivity contribution in [1.82, 2.24) is 14.9 Å². The lowest BCUT2D eigenvalue weighted by Gasteiger charge is -2.06. The van der Waals surface area contributed by atoms with Crippen LogP contribution in [0.2, 0.25) is 0 Å². The first-order valence-electron chi connectivity index (χ1n) is 5.21. The fourth-order valence-electron chi connectivity index (χ4n) is 1.35. The monoisotopic (exact) mass is 240 g/mol. The minimum absolute atomic E-state index is 0.0283. The van der Waals surface area contributed by atoms with Crippen LogP contribution in [0.5, 0.6) is 0 Å². The lowest BCUT2D eigenvalue weighted by atomic mass is 10.4. The zero-order valence-electron chi connectivity index (χ0n) is 10.1. The number of aryl methyl sites for hydroxylation is 1. The molecule has 0 atom stereocenters. The third kappa shape index (κ3) is 2.74. The maximum atomic E-state index is 11.5. The van der Waals surface area contributed by atoms with E-state index in [9.17, 15) is 9.59 Å². The van der Waals surface area contributed by atoms with Gasteiger partial charge in [0.1, 0.15) is 18.2 Å². The molecule has 0 bridgehead atoms. The Bertz CT molecular complexity index is 439. The summed E-state index contributed by atoms with van der Waals surface area (Å²) in [4.78, 5) is 26.8. The average molecular weight is 240 g/mol. The molecule has 1 aromatic rings. The van der Waals surface area contributed by atoms with Gasteiger partial charge >= 0.3 is 5.97 Å². The van der Waals surface area contributed by atoms with Crippen LogP contribution in [0.4, 0.5) is 5.82 Å². The number of likely N-dealkylation sites (N-methyl/N-ethyl adjacent to an activating group) is 1. The van der Waals surface area contributed by atoms with Crippen LogP contribution in [0, 0.1) is 6.92 Å². The molecule has 7 heteroatoms. The van der Waals surface area contributed by atoms with Gasteiger partial charge in [-0.3, -0.25) is 4.79 Å². The molecular formula is C10H16N4O3. The summed E-state index contributed by atoms with van der Waals surface area (Å²) >= 11 is 0. The minimum Gasteiger partial charge on any atom is -0.461 e. The van der Waals surface area contributed by atoms with Gasteiger partial charge in [0, 0.05) is 7.05 Å². The van der Waals surface area contributed by atoms with Crippen molar-refractivity contribution in [2.45, 2.75) is 20.4 Å². The van der Waals surface area contributed by atoms with Crippen molar-refractivity contribution in [2.75, 3.05) is 19.4 Å². The number of rotatable bonds is 4. The third-order valence-electron chi connectivity index (χ3n) is 2.25. The second-order valence-electron chi connectivity index (χ2n) is 3.37. The lowest BCUT2D eigenvalue weighted by molar-refractivity contribution is -0.121. The number of nitrogen functional groups attached to an aromatic ring is 1. The molecule has 1 heterocycles. The SMILES string of the molecule is CCOC(=O)c1nc(C)n(CC(=O)NC)c1N. The maximum Gasteiger partial charge on any atom is 0.360 e. The second kappa shape index (κ2) is 5.33. The van der Waals surface area contributed by atoms with Gasteiger partial charge < -0.3 is 20.4 Å². The fraction of sp³-hybridized carbons (Fsp3) is 0.500. The summed E-state index contributed by atoms with van der Waals surface area (Å²) in [5.41, 5.74) is 5.81. The minimum atomic E-state index is -0.580. The molecule has 0 radical (unpaired) electrons. The van der Waals surface area contributed by atoms with E-state index in [2.05, 4.69) is 10.3 Å². The maximum absolute atomic E-state index is 11.5. The molecule has 17 heavy (non-hydrogen) atoms. The molecule has 0 aliphatic rings. The van der Waals surface area contributed by atoms with Crippen molar-refractivity contribution in [3.63, 3.8) is 0 Å². The van der Waals surface area contributed by atoms with E-state index in [0.717, 1.165) is 0 Å². The summed E-state index contributed by atoms with van der Waals surface area (Å²) < 4.78 is 6.28. The van der Waals surface area contributed by atoms with Gasteiger partial charge in [-0.05, 0) is 13.8 Å². The number of esters is 1. The number of ether oxygens (including phenoxy) is 1. The molecule has 0 spiro atoms. The average Bonchev–Trinajstić information content (AvgIpc) is 2.57. The standard InChI is InChI=1S/C10H16N4O3/c1-4-17-10(16)8-9(11)14(6(2)13-8)5-7(15)12-3/h4-5,11H2,1-3H3,(H,12,15). The summed E-state index contributed by atoms with van der Waals surface area (Å²) in [6, 6.07) is 0. The Kier molecular flexibility index (Phi) is 4.08. The van der Waals surface area contributed by atoms with Gasteiger partial charge in [0.25, 0.3) is 0 Å².